The molecule has 7 nitrogen and oxygen atoms in total. The van der Waals surface area contributed by atoms with Gasteiger partial charge in [0.05, 0.1) is 17.2 Å². The molecule has 0 aliphatic rings. The normalized spacial score (nSPS) is 12.1. The zero-order valence-electron chi connectivity index (χ0n) is 9.01. The molecule has 0 N–H and O–H groups in total. The summed E-state index contributed by atoms with van der Waals surface area (Å²) in [4.78, 5) is 9.50. The Kier molecular flexibility index (Phi) is 4.22. The predicted molar refractivity (Wildman–Crippen MR) is 58.6 cm³/mol. The Labute approximate surface area is 105 Å². The van der Waals surface area contributed by atoms with Crippen LogP contribution in [0.25, 0.3) is 0 Å². The van der Waals surface area contributed by atoms with Crippen LogP contribution in [0.15, 0.2) is 0 Å². The zero-order chi connectivity index (χ0) is 14.1. The van der Waals surface area contributed by atoms with Crippen LogP contribution >= 0.6 is 11.6 Å². The first-order valence-corrected chi connectivity index (χ1v) is 6.94. The first-order chi connectivity index (χ1) is 8.13. The fraction of sp³-hybridized carbons (Fsp3) is 0.571. The number of hydrogen-bond donors (Lipinski definition) is 0. The van der Waals surface area contributed by atoms with Crippen molar-refractivity contribution in [2.45, 2.75) is 13.0 Å². The van der Waals surface area contributed by atoms with Gasteiger partial charge in [0.25, 0.3) is 6.43 Å². The first-order valence-electron chi connectivity index (χ1n) is 4.50. The molecular formula is C7H8ClF2N3O4S. The van der Waals surface area contributed by atoms with Crippen molar-refractivity contribution in [1.82, 2.24) is 9.78 Å². The number of aryl methyl sites for hydroxylation is 1. The summed E-state index contributed by atoms with van der Waals surface area (Å²) in [5, 5.41) is 13.2. The average Bonchev–Trinajstić information content (AvgIpc) is 2.51. The van der Waals surface area contributed by atoms with Gasteiger partial charge < -0.3 is 0 Å². The molecule has 0 atom stereocenters. The molecule has 1 rings (SSSR count). The van der Waals surface area contributed by atoms with Gasteiger partial charge in [-0.3, -0.25) is 10.1 Å². The lowest BCUT2D eigenvalue weighted by molar-refractivity contribution is -0.386. The molecule has 0 aromatic carbocycles. The fourth-order valence-corrected chi connectivity index (χ4v) is 1.96. The monoisotopic (exact) mass is 303 g/mol. The maximum absolute atomic E-state index is 12.5. The lowest BCUT2D eigenvalue weighted by Crippen LogP contribution is -2.12. The smallest absolute Gasteiger partial charge is 0.258 e. The van der Waals surface area contributed by atoms with Crippen LogP contribution < -0.4 is 0 Å². The number of halogens is 3. The Bertz CT molecular complexity index is 571. The lowest BCUT2D eigenvalue weighted by atomic mass is 10.4. The molecule has 0 spiro atoms. The van der Waals surface area contributed by atoms with E-state index >= 15 is 0 Å². The third-order valence-electron chi connectivity index (χ3n) is 1.96. The Hall–Kier alpha value is -1.29. The van der Waals surface area contributed by atoms with Crippen molar-refractivity contribution in [3.63, 3.8) is 0 Å². The summed E-state index contributed by atoms with van der Waals surface area (Å²) < 4.78 is 47.5. The van der Waals surface area contributed by atoms with Gasteiger partial charge in [-0.1, -0.05) is 11.6 Å². The highest BCUT2D eigenvalue weighted by atomic mass is 35.5. The van der Waals surface area contributed by atoms with E-state index in [-0.39, 0.29) is 6.54 Å². The Balaban J connectivity index is 3.15. The summed E-state index contributed by atoms with van der Waals surface area (Å²) in [5.41, 5.74) is -2.07. The van der Waals surface area contributed by atoms with Crippen LogP contribution in [0.2, 0.25) is 5.15 Å². The van der Waals surface area contributed by atoms with E-state index in [1.165, 1.54) is 0 Å². The Morgan fingerprint density at radius 2 is 2.11 bits per heavy atom. The fourth-order valence-electron chi connectivity index (χ4n) is 1.17. The number of alkyl halides is 2. The number of sulfone groups is 1. The summed E-state index contributed by atoms with van der Waals surface area (Å²) >= 11 is 5.53. The summed E-state index contributed by atoms with van der Waals surface area (Å²) in [7, 11) is -3.36. The molecule has 0 aliphatic carbocycles. The highest BCUT2D eigenvalue weighted by molar-refractivity contribution is 7.90. The van der Waals surface area contributed by atoms with Gasteiger partial charge in [0, 0.05) is 6.26 Å². The number of hydrogen-bond acceptors (Lipinski definition) is 5. The van der Waals surface area contributed by atoms with Crippen LogP contribution in [0, 0.1) is 10.1 Å². The molecule has 0 aliphatic heterocycles. The van der Waals surface area contributed by atoms with Gasteiger partial charge in [-0.25, -0.2) is 21.9 Å². The van der Waals surface area contributed by atoms with Crippen molar-refractivity contribution < 1.29 is 22.1 Å². The second-order valence-corrected chi connectivity index (χ2v) is 6.05. The maximum Gasteiger partial charge on any atom is 0.334 e. The van der Waals surface area contributed by atoms with E-state index in [4.69, 9.17) is 11.6 Å². The Morgan fingerprint density at radius 1 is 1.56 bits per heavy atom. The van der Waals surface area contributed by atoms with Crippen molar-refractivity contribution in [1.29, 1.82) is 0 Å². The molecule has 102 valence electrons. The van der Waals surface area contributed by atoms with Crippen molar-refractivity contribution in [3.8, 4) is 0 Å². The van der Waals surface area contributed by atoms with Gasteiger partial charge >= 0.3 is 5.69 Å². The molecule has 1 aromatic heterocycles. The van der Waals surface area contributed by atoms with E-state index < -0.39 is 43.5 Å². The highest BCUT2D eigenvalue weighted by Crippen LogP contribution is 2.34. The molecule has 18 heavy (non-hydrogen) atoms. The van der Waals surface area contributed by atoms with Crippen LogP contribution in [-0.2, 0) is 16.4 Å². The third kappa shape index (κ3) is 3.35. The minimum Gasteiger partial charge on any atom is -0.258 e. The molecule has 0 amide bonds. The maximum atomic E-state index is 12.5. The van der Waals surface area contributed by atoms with E-state index in [9.17, 15) is 27.3 Å². The molecule has 0 bridgehead atoms. The molecule has 1 aromatic rings. The van der Waals surface area contributed by atoms with Crippen molar-refractivity contribution in [2.75, 3.05) is 12.0 Å². The lowest BCUT2D eigenvalue weighted by Gasteiger charge is -2.00. The Morgan fingerprint density at radius 3 is 2.44 bits per heavy atom. The van der Waals surface area contributed by atoms with Gasteiger partial charge in [0.1, 0.15) is 9.84 Å². The quantitative estimate of drug-likeness (QED) is 0.605. The highest BCUT2D eigenvalue weighted by Gasteiger charge is 2.32. The van der Waals surface area contributed by atoms with Crippen LogP contribution in [-0.4, -0.2) is 35.1 Å². The van der Waals surface area contributed by atoms with Gasteiger partial charge in [-0.15, -0.1) is 0 Å². The van der Waals surface area contributed by atoms with Crippen molar-refractivity contribution in [2.24, 2.45) is 0 Å². The largest absolute Gasteiger partial charge is 0.334 e. The first kappa shape index (κ1) is 14.8. The van der Waals surface area contributed by atoms with E-state index in [1.54, 1.807) is 0 Å². The second kappa shape index (κ2) is 5.14. The summed E-state index contributed by atoms with van der Waals surface area (Å²) in [6.07, 6.45) is -2.23. The van der Waals surface area contributed by atoms with Crippen molar-refractivity contribution >= 4 is 27.1 Å². The molecular weight excluding hydrogens is 296 g/mol. The average molecular weight is 304 g/mol. The summed E-state index contributed by atoms with van der Waals surface area (Å²) in [5.74, 6) is -0.408. The van der Waals surface area contributed by atoms with E-state index in [1.807, 2.05) is 0 Å². The molecule has 0 unspecified atom stereocenters. The zero-order valence-corrected chi connectivity index (χ0v) is 10.6. The topological polar surface area (TPSA) is 95.1 Å². The van der Waals surface area contributed by atoms with Gasteiger partial charge in [-0.05, 0) is 0 Å². The van der Waals surface area contributed by atoms with E-state index in [0.717, 1.165) is 6.26 Å². The molecule has 0 radical (unpaired) electrons. The van der Waals surface area contributed by atoms with Crippen molar-refractivity contribution in [3.05, 3.63) is 21.0 Å². The molecule has 0 saturated carbocycles. The molecule has 1 heterocycles. The predicted octanol–water partition coefficient (Wildman–Crippen LogP) is 1.43. The van der Waals surface area contributed by atoms with Gasteiger partial charge in [0.2, 0.25) is 10.8 Å². The number of aromatic nitrogens is 2. The minimum atomic E-state index is -3.36. The standard InChI is InChI=1S/C7H8ClF2N3O4S/c1-18(16,17)3-2-12-6(8)5(13(14)15)4(11-12)7(9)10/h7H,2-3H2,1H3. The molecule has 0 saturated heterocycles. The van der Waals surface area contributed by atoms with Crippen LogP contribution in [0.1, 0.15) is 12.1 Å². The number of nitro groups is 1. The number of nitrogens with zero attached hydrogens (tertiary/aromatic N) is 3. The van der Waals surface area contributed by atoms with Crippen LogP contribution in [0.5, 0.6) is 0 Å². The van der Waals surface area contributed by atoms with Crippen LogP contribution in [0.4, 0.5) is 14.5 Å². The third-order valence-corrected chi connectivity index (χ3v) is 3.25. The molecule has 11 heteroatoms. The second-order valence-electron chi connectivity index (χ2n) is 3.44. The summed E-state index contributed by atoms with van der Waals surface area (Å²) in [6.45, 7) is -0.328. The van der Waals surface area contributed by atoms with Gasteiger partial charge in [-0.2, -0.15) is 5.10 Å². The van der Waals surface area contributed by atoms with Crippen LogP contribution in [0.3, 0.4) is 0 Å². The molecule has 0 fully saturated rings. The number of rotatable bonds is 5. The van der Waals surface area contributed by atoms with E-state index in [2.05, 4.69) is 5.10 Å². The summed E-state index contributed by atoms with van der Waals surface area (Å²) in [6, 6.07) is 0. The van der Waals surface area contributed by atoms with E-state index in [0.29, 0.717) is 4.68 Å². The minimum absolute atomic E-state index is 0.328. The van der Waals surface area contributed by atoms with Gasteiger partial charge in [0.15, 0.2) is 0 Å². The SMILES string of the molecule is CS(=O)(=O)CCn1nc(C(F)F)c([N+](=O)[O-])c1Cl.